The van der Waals surface area contributed by atoms with Crippen molar-refractivity contribution in [2.75, 3.05) is 19.6 Å². The zero-order valence-electron chi connectivity index (χ0n) is 15.7. The summed E-state index contributed by atoms with van der Waals surface area (Å²) < 4.78 is 5.35. The normalized spacial score (nSPS) is 23.0. The van der Waals surface area contributed by atoms with Gasteiger partial charge in [-0.25, -0.2) is 4.79 Å². The number of ether oxygens (including phenoxy) is 1. The van der Waals surface area contributed by atoms with Gasteiger partial charge in [-0.2, -0.15) is 0 Å². The van der Waals surface area contributed by atoms with E-state index in [1.807, 2.05) is 27.7 Å². The van der Waals surface area contributed by atoms with Gasteiger partial charge in [0.1, 0.15) is 5.60 Å². The van der Waals surface area contributed by atoms with Crippen LogP contribution >= 0.6 is 0 Å². The summed E-state index contributed by atoms with van der Waals surface area (Å²) in [6, 6.07) is 0.153. The minimum absolute atomic E-state index is 0.0161. The number of nitrogens with two attached hydrogens (primary N) is 1. The average Bonchev–Trinajstić information content (AvgIpc) is 2.64. The van der Waals surface area contributed by atoms with E-state index in [4.69, 9.17) is 10.5 Å². The molecule has 1 saturated heterocycles. The molecule has 0 radical (unpaired) electrons. The molecule has 3 atom stereocenters. The molecule has 1 aliphatic rings. The Kier molecular flexibility index (Phi) is 8.34. The summed E-state index contributed by atoms with van der Waals surface area (Å²) >= 11 is 0. The number of likely N-dealkylation sites (tertiary alicyclic amines) is 1. The first-order valence-electron chi connectivity index (χ1n) is 9.20. The van der Waals surface area contributed by atoms with Gasteiger partial charge in [0.05, 0.1) is 0 Å². The van der Waals surface area contributed by atoms with Crippen LogP contribution in [0, 0.1) is 5.92 Å². The van der Waals surface area contributed by atoms with Crippen LogP contribution in [0.25, 0.3) is 0 Å². The third kappa shape index (κ3) is 7.53. The molecule has 0 bridgehead atoms. The van der Waals surface area contributed by atoms with Gasteiger partial charge < -0.3 is 15.8 Å². The van der Waals surface area contributed by atoms with Gasteiger partial charge in [-0.3, -0.25) is 4.90 Å². The third-order valence-electron chi connectivity index (χ3n) is 4.61. The minimum Gasteiger partial charge on any atom is -0.444 e. The number of nitrogens with zero attached hydrogens (tertiary/aromatic N) is 1. The van der Waals surface area contributed by atoms with Crippen LogP contribution in [-0.4, -0.2) is 48.3 Å². The van der Waals surface area contributed by atoms with Gasteiger partial charge >= 0.3 is 6.09 Å². The van der Waals surface area contributed by atoms with E-state index in [1.165, 1.54) is 32.1 Å². The molecule has 0 aromatic rings. The summed E-state index contributed by atoms with van der Waals surface area (Å²) in [5, 5.41) is 2.96. The van der Waals surface area contributed by atoms with E-state index < -0.39 is 5.60 Å². The van der Waals surface area contributed by atoms with E-state index in [-0.39, 0.29) is 18.2 Å². The van der Waals surface area contributed by atoms with Gasteiger partial charge in [0.25, 0.3) is 0 Å². The quantitative estimate of drug-likeness (QED) is 0.786. The van der Waals surface area contributed by atoms with E-state index in [1.54, 1.807) is 0 Å². The highest BCUT2D eigenvalue weighted by molar-refractivity contribution is 5.68. The molecular formula is C18H37N3O2. The largest absolute Gasteiger partial charge is 0.444 e. The molecular weight excluding hydrogens is 290 g/mol. The van der Waals surface area contributed by atoms with Crippen LogP contribution in [0.15, 0.2) is 0 Å². The molecule has 1 amide bonds. The van der Waals surface area contributed by atoms with Crippen LogP contribution in [0.4, 0.5) is 4.79 Å². The van der Waals surface area contributed by atoms with E-state index in [0.717, 1.165) is 19.0 Å². The molecule has 1 rings (SSSR count). The van der Waals surface area contributed by atoms with Crippen molar-refractivity contribution in [3.63, 3.8) is 0 Å². The van der Waals surface area contributed by atoms with Gasteiger partial charge in [-0.05, 0) is 66.0 Å². The van der Waals surface area contributed by atoms with Gasteiger partial charge in [0.2, 0.25) is 0 Å². The number of carbonyl (C=O) groups excluding carboxylic acids is 1. The molecule has 0 spiro atoms. The summed E-state index contributed by atoms with van der Waals surface area (Å²) in [6.07, 6.45) is 6.01. The highest BCUT2D eigenvalue weighted by atomic mass is 16.6. The van der Waals surface area contributed by atoms with Gasteiger partial charge in [-0.15, -0.1) is 0 Å². The SMILES string of the molecule is CCCC1CCCN(C(CN)C(C)NC(=O)OC(C)(C)C)CC1. The summed E-state index contributed by atoms with van der Waals surface area (Å²) in [7, 11) is 0. The standard InChI is InChI=1S/C18H37N3O2/c1-6-8-15-9-7-11-21(12-10-15)16(13-19)14(2)20-17(22)23-18(3,4)5/h14-16H,6-13,19H2,1-5H3,(H,20,22). The lowest BCUT2D eigenvalue weighted by Gasteiger charge is -2.35. The Morgan fingerprint density at radius 1 is 1.35 bits per heavy atom. The Morgan fingerprint density at radius 2 is 2.04 bits per heavy atom. The first kappa shape index (κ1) is 20.2. The fourth-order valence-electron chi connectivity index (χ4n) is 3.48. The summed E-state index contributed by atoms with van der Waals surface area (Å²) in [5.74, 6) is 0.845. The highest BCUT2D eigenvalue weighted by Crippen LogP contribution is 2.23. The van der Waals surface area contributed by atoms with Crippen molar-refractivity contribution in [1.29, 1.82) is 0 Å². The molecule has 3 N–H and O–H groups in total. The van der Waals surface area contributed by atoms with E-state index >= 15 is 0 Å². The van der Waals surface area contributed by atoms with Gasteiger partial charge in [-0.1, -0.05) is 19.8 Å². The molecule has 23 heavy (non-hydrogen) atoms. The Labute approximate surface area is 142 Å². The Morgan fingerprint density at radius 3 is 2.61 bits per heavy atom. The predicted molar refractivity (Wildman–Crippen MR) is 95.5 cm³/mol. The third-order valence-corrected chi connectivity index (χ3v) is 4.61. The number of carbonyl (C=O) groups is 1. The fraction of sp³-hybridized carbons (Fsp3) is 0.944. The lowest BCUT2D eigenvalue weighted by molar-refractivity contribution is 0.0470. The van der Waals surface area contributed by atoms with Crippen molar-refractivity contribution in [3.05, 3.63) is 0 Å². The van der Waals surface area contributed by atoms with Crippen molar-refractivity contribution >= 4 is 6.09 Å². The second kappa shape index (κ2) is 9.48. The maximum atomic E-state index is 12.0. The molecule has 0 saturated carbocycles. The maximum absolute atomic E-state index is 12.0. The van der Waals surface area contributed by atoms with Crippen molar-refractivity contribution in [2.24, 2.45) is 11.7 Å². The molecule has 1 aliphatic heterocycles. The topological polar surface area (TPSA) is 67.6 Å². The molecule has 0 aliphatic carbocycles. The average molecular weight is 328 g/mol. The van der Waals surface area contributed by atoms with Crippen molar-refractivity contribution in [3.8, 4) is 0 Å². The molecule has 5 heteroatoms. The molecule has 0 aromatic heterocycles. The molecule has 0 aromatic carbocycles. The van der Waals surface area contributed by atoms with Crippen LogP contribution in [0.1, 0.15) is 66.7 Å². The Hall–Kier alpha value is -0.810. The molecule has 1 heterocycles. The van der Waals surface area contributed by atoms with Crippen LogP contribution in [0.3, 0.4) is 0 Å². The van der Waals surface area contributed by atoms with Crippen LogP contribution in [-0.2, 0) is 4.74 Å². The van der Waals surface area contributed by atoms with Crippen LogP contribution < -0.4 is 11.1 Å². The van der Waals surface area contributed by atoms with E-state index in [0.29, 0.717) is 6.54 Å². The van der Waals surface area contributed by atoms with Crippen molar-refractivity contribution < 1.29 is 9.53 Å². The fourth-order valence-corrected chi connectivity index (χ4v) is 3.48. The predicted octanol–water partition coefficient (Wildman–Crippen LogP) is 3.13. The van der Waals surface area contributed by atoms with Crippen LogP contribution in [0.5, 0.6) is 0 Å². The number of nitrogens with one attached hydrogen (secondary N) is 1. The van der Waals surface area contributed by atoms with Gasteiger partial charge in [0.15, 0.2) is 0 Å². The number of alkyl carbamates (subject to hydrolysis) is 1. The zero-order valence-corrected chi connectivity index (χ0v) is 15.7. The summed E-state index contributed by atoms with van der Waals surface area (Å²) in [6.45, 7) is 12.6. The molecule has 3 unspecified atom stereocenters. The number of hydrogen-bond acceptors (Lipinski definition) is 4. The lowest BCUT2D eigenvalue weighted by Crippen LogP contribution is -2.54. The van der Waals surface area contributed by atoms with Crippen molar-refractivity contribution in [2.45, 2.75) is 84.4 Å². The van der Waals surface area contributed by atoms with E-state index in [2.05, 4.69) is 17.1 Å². The van der Waals surface area contributed by atoms with E-state index in [9.17, 15) is 4.79 Å². The van der Waals surface area contributed by atoms with Gasteiger partial charge in [0, 0.05) is 18.6 Å². The van der Waals surface area contributed by atoms with Crippen molar-refractivity contribution in [1.82, 2.24) is 10.2 Å². The Balaban J connectivity index is 2.55. The smallest absolute Gasteiger partial charge is 0.407 e. The first-order chi connectivity index (χ1) is 10.8. The minimum atomic E-state index is -0.474. The monoisotopic (exact) mass is 327 g/mol. The zero-order chi connectivity index (χ0) is 17.5. The second-order valence-electron chi connectivity index (χ2n) is 7.86. The lowest BCUT2D eigenvalue weighted by atomic mass is 9.96. The number of hydrogen-bond donors (Lipinski definition) is 2. The molecule has 1 fully saturated rings. The summed E-state index contributed by atoms with van der Waals surface area (Å²) in [4.78, 5) is 14.4. The summed E-state index contributed by atoms with van der Waals surface area (Å²) in [5.41, 5.74) is 5.54. The molecule has 5 nitrogen and oxygen atoms in total. The number of rotatable bonds is 6. The molecule has 136 valence electrons. The number of amides is 1. The highest BCUT2D eigenvalue weighted by Gasteiger charge is 2.28. The maximum Gasteiger partial charge on any atom is 0.407 e. The first-order valence-corrected chi connectivity index (χ1v) is 9.20. The van der Waals surface area contributed by atoms with Crippen LogP contribution in [0.2, 0.25) is 0 Å². The Bertz CT molecular complexity index is 355. The second-order valence-corrected chi connectivity index (χ2v) is 7.86.